The van der Waals surface area contributed by atoms with Gasteiger partial charge in [0.05, 0.1) is 4.47 Å². The summed E-state index contributed by atoms with van der Waals surface area (Å²) in [6, 6.07) is 8.38. The zero-order chi connectivity index (χ0) is 15.2. The van der Waals surface area contributed by atoms with E-state index < -0.39 is 0 Å². The maximum Gasteiger partial charge on any atom is 0.223 e. The summed E-state index contributed by atoms with van der Waals surface area (Å²) in [5.41, 5.74) is 0.971. The highest BCUT2D eigenvalue weighted by Crippen LogP contribution is 2.27. The van der Waals surface area contributed by atoms with Gasteiger partial charge in [-0.25, -0.2) is 9.37 Å². The smallest absolute Gasteiger partial charge is 0.223 e. The third-order valence-corrected chi connectivity index (χ3v) is 3.43. The fourth-order valence-corrected chi connectivity index (χ4v) is 2.16. The minimum atomic E-state index is -0.317. The second-order valence-electron chi connectivity index (χ2n) is 5.17. The van der Waals surface area contributed by atoms with Crippen molar-refractivity contribution in [2.75, 3.05) is 6.54 Å². The van der Waals surface area contributed by atoms with Gasteiger partial charge in [-0.2, -0.15) is 0 Å². The molecule has 0 radical (unpaired) electrons. The minimum absolute atomic E-state index is 0.317. The van der Waals surface area contributed by atoms with E-state index in [4.69, 9.17) is 4.74 Å². The summed E-state index contributed by atoms with van der Waals surface area (Å²) >= 11 is 3.15. The van der Waals surface area contributed by atoms with Gasteiger partial charge in [-0.1, -0.05) is 19.9 Å². The average Bonchev–Trinajstić information content (AvgIpc) is 2.44. The van der Waals surface area contributed by atoms with Crippen LogP contribution in [0.1, 0.15) is 19.4 Å². The highest BCUT2D eigenvalue weighted by atomic mass is 79.9. The molecule has 1 aromatic carbocycles. The molecule has 2 aromatic rings. The quantitative estimate of drug-likeness (QED) is 0.829. The topological polar surface area (TPSA) is 34.2 Å². The lowest BCUT2D eigenvalue weighted by atomic mass is 10.2. The molecule has 0 aliphatic rings. The number of ether oxygens (including phenoxy) is 1. The molecule has 0 bridgehead atoms. The highest BCUT2D eigenvalue weighted by molar-refractivity contribution is 9.10. The molecule has 0 aliphatic heterocycles. The fourth-order valence-electron chi connectivity index (χ4n) is 1.80. The van der Waals surface area contributed by atoms with E-state index >= 15 is 0 Å². The SMILES string of the molecule is CC(C)CNCc1cccnc1Oc1ccc(F)c(Br)c1. The normalized spacial score (nSPS) is 10.9. The molecule has 0 atom stereocenters. The molecule has 2 rings (SSSR count). The Labute approximate surface area is 132 Å². The third-order valence-electron chi connectivity index (χ3n) is 2.82. The zero-order valence-corrected chi connectivity index (χ0v) is 13.7. The van der Waals surface area contributed by atoms with Crippen molar-refractivity contribution in [3.8, 4) is 11.6 Å². The molecular formula is C16H18BrFN2O. The number of pyridine rings is 1. The average molecular weight is 353 g/mol. The molecule has 0 spiro atoms. The van der Waals surface area contributed by atoms with Crippen molar-refractivity contribution in [3.05, 3.63) is 52.4 Å². The first-order chi connectivity index (χ1) is 10.1. The van der Waals surface area contributed by atoms with Crippen LogP contribution in [0.4, 0.5) is 4.39 Å². The van der Waals surface area contributed by atoms with Crippen molar-refractivity contribution in [2.45, 2.75) is 20.4 Å². The molecule has 0 amide bonds. The minimum Gasteiger partial charge on any atom is -0.439 e. The second-order valence-corrected chi connectivity index (χ2v) is 6.02. The van der Waals surface area contributed by atoms with Crippen molar-refractivity contribution in [2.24, 2.45) is 5.92 Å². The molecule has 21 heavy (non-hydrogen) atoms. The van der Waals surface area contributed by atoms with Gasteiger partial charge in [-0.05, 0) is 52.7 Å². The Morgan fingerprint density at radius 1 is 1.33 bits per heavy atom. The first-order valence-corrected chi connectivity index (χ1v) is 7.63. The molecule has 112 valence electrons. The van der Waals surface area contributed by atoms with Gasteiger partial charge in [0.15, 0.2) is 0 Å². The molecule has 0 unspecified atom stereocenters. The van der Waals surface area contributed by atoms with E-state index in [0.29, 0.717) is 28.6 Å². The lowest BCUT2D eigenvalue weighted by Gasteiger charge is -2.12. The van der Waals surface area contributed by atoms with Gasteiger partial charge >= 0.3 is 0 Å². The summed E-state index contributed by atoms with van der Waals surface area (Å²) in [5, 5.41) is 3.36. The van der Waals surface area contributed by atoms with Crippen LogP contribution in [0, 0.1) is 11.7 Å². The van der Waals surface area contributed by atoms with Crippen LogP contribution < -0.4 is 10.1 Å². The summed E-state index contributed by atoms with van der Waals surface area (Å²) in [7, 11) is 0. The zero-order valence-electron chi connectivity index (χ0n) is 12.1. The predicted octanol–water partition coefficient (Wildman–Crippen LogP) is 4.52. The van der Waals surface area contributed by atoms with Crippen LogP contribution in [0.25, 0.3) is 0 Å². The summed E-state index contributed by atoms with van der Waals surface area (Å²) in [6.07, 6.45) is 1.68. The van der Waals surface area contributed by atoms with Gasteiger partial charge in [0, 0.05) is 18.3 Å². The Hall–Kier alpha value is -1.46. The molecule has 1 heterocycles. The van der Waals surface area contributed by atoms with Crippen molar-refractivity contribution in [1.29, 1.82) is 0 Å². The largest absolute Gasteiger partial charge is 0.439 e. The van der Waals surface area contributed by atoms with Gasteiger partial charge in [-0.15, -0.1) is 0 Å². The number of nitrogens with one attached hydrogen (secondary N) is 1. The second kappa shape index (κ2) is 7.52. The van der Waals surface area contributed by atoms with E-state index in [1.165, 1.54) is 6.07 Å². The van der Waals surface area contributed by atoms with Crippen LogP contribution in [0.3, 0.4) is 0 Å². The molecule has 1 aromatic heterocycles. The maximum absolute atomic E-state index is 13.2. The first-order valence-electron chi connectivity index (χ1n) is 6.84. The van der Waals surface area contributed by atoms with Crippen molar-refractivity contribution in [1.82, 2.24) is 10.3 Å². The standard InChI is InChI=1S/C16H18BrFN2O/c1-11(2)9-19-10-12-4-3-7-20-16(12)21-13-5-6-15(18)14(17)8-13/h3-8,11,19H,9-10H2,1-2H3. The van der Waals surface area contributed by atoms with Crippen LogP contribution in [-0.4, -0.2) is 11.5 Å². The Kier molecular flexibility index (Phi) is 5.70. The van der Waals surface area contributed by atoms with Crippen molar-refractivity contribution in [3.63, 3.8) is 0 Å². The lowest BCUT2D eigenvalue weighted by molar-refractivity contribution is 0.448. The number of rotatable bonds is 6. The third kappa shape index (κ3) is 4.79. The van der Waals surface area contributed by atoms with Crippen molar-refractivity contribution < 1.29 is 9.13 Å². The van der Waals surface area contributed by atoms with Gasteiger partial charge in [0.2, 0.25) is 5.88 Å². The Morgan fingerprint density at radius 2 is 2.14 bits per heavy atom. The van der Waals surface area contributed by atoms with Crippen molar-refractivity contribution >= 4 is 15.9 Å². The van der Waals surface area contributed by atoms with Gasteiger partial charge in [-0.3, -0.25) is 0 Å². The molecule has 0 aliphatic carbocycles. The van der Waals surface area contributed by atoms with Crippen LogP contribution in [0.5, 0.6) is 11.6 Å². The number of benzene rings is 1. The lowest BCUT2D eigenvalue weighted by Crippen LogP contribution is -2.19. The molecule has 0 saturated heterocycles. The molecule has 1 N–H and O–H groups in total. The summed E-state index contributed by atoms with van der Waals surface area (Å²) in [5.74, 6) is 1.35. The number of hydrogen-bond acceptors (Lipinski definition) is 3. The molecule has 0 saturated carbocycles. The monoisotopic (exact) mass is 352 g/mol. The Bertz CT molecular complexity index is 605. The molecule has 0 fully saturated rings. The predicted molar refractivity (Wildman–Crippen MR) is 85.0 cm³/mol. The van der Waals surface area contributed by atoms with E-state index in [1.807, 2.05) is 12.1 Å². The van der Waals surface area contributed by atoms with E-state index in [2.05, 4.69) is 40.1 Å². The molecule has 5 heteroatoms. The van der Waals surface area contributed by atoms with E-state index in [1.54, 1.807) is 18.3 Å². The van der Waals surface area contributed by atoms with Crippen LogP contribution >= 0.6 is 15.9 Å². The van der Waals surface area contributed by atoms with E-state index in [0.717, 1.165) is 12.1 Å². The summed E-state index contributed by atoms with van der Waals surface area (Å²) < 4.78 is 19.4. The fraction of sp³-hybridized carbons (Fsp3) is 0.312. The van der Waals surface area contributed by atoms with E-state index in [9.17, 15) is 4.39 Å². The number of aromatic nitrogens is 1. The number of hydrogen-bond donors (Lipinski definition) is 1. The molecule has 3 nitrogen and oxygen atoms in total. The van der Waals surface area contributed by atoms with Gasteiger partial charge in [0.25, 0.3) is 0 Å². The Morgan fingerprint density at radius 3 is 2.86 bits per heavy atom. The van der Waals surface area contributed by atoms with Crippen LogP contribution in [0.2, 0.25) is 0 Å². The van der Waals surface area contributed by atoms with Crippen LogP contribution in [0.15, 0.2) is 41.0 Å². The first kappa shape index (κ1) is 15.9. The number of halogens is 2. The summed E-state index contributed by atoms with van der Waals surface area (Å²) in [6.45, 7) is 5.92. The highest BCUT2D eigenvalue weighted by Gasteiger charge is 2.08. The number of nitrogens with zero attached hydrogens (tertiary/aromatic N) is 1. The molecular weight excluding hydrogens is 335 g/mol. The van der Waals surface area contributed by atoms with E-state index in [-0.39, 0.29) is 5.82 Å². The van der Waals surface area contributed by atoms with Crippen LogP contribution in [-0.2, 0) is 6.54 Å². The van der Waals surface area contributed by atoms with Gasteiger partial charge < -0.3 is 10.1 Å². The van der Waals surface area contributed by atoms with Gasteiger partial charge in [0.1, 0.15) is 11.6 Å². The Balaban J connectivity index is 2.10. The summed E-state index contributed by atoms with van der Waals surface area (Å²) in [4.78, 5) is 4.25. The maximum atomic E-state index is 13.2.